The molecule has 0 aromatic heterocycles. The molecular weight excluding hydrogens is 146 g/mol. The van der Waals surface area contributed by atoms with Crippen molar-refractivity contribution in [2.75, 3.05) is 6.61 Å². The van der Waals surface area contributed by atoms with Gasteiger partial charge in [0.25, 0.3) is 0 Å². The van der Waals surface area contributed by atoms with Gasteiger partial charge in [-0.1, -0.05) is 19.8 Å². The molecule has 0 radical (unpaired) electrons. The maximum Gasteiger partial charge on any atom is 0.413 e. The molecule has 0 aliphatic carbocycles. The zero-order valence-electron chi connectivity index (χ0n) is 6.63. The first-order valence-electron chi connectivity index (χ1n) is 3.68. The number of rotatable bonds is 5. The fraction of sp³-hybridized carbons (Fsp3) is 0.714. The van der Waals surface area contributed by atoms with E-state index in [1.807, 2.05) is 5.32 Å². The normalized spacial score (nSPS) is 8.82. The van der Waals surface area contributed by atoms with Crippen molar-refractivity contribution in [2.24, 2.45) is 0 Å². The molecule has 2 amide bonds. The van der Waals surface area contributed by atoms with Gasteiger partial charge in [-0.25, -0.2) is 4.79 Å². The van der Waals surface area contributed by atoms with Gasteiger partial charge in [0.2, 0.25) is 6.41 Å². The summed E-state index contributed by atoms with van der Waals surface area (Å²) < 4.78 is 4.60. The molecule has 0 aliphatic heterocycles. The fourth-order valence-corrected chi connectivity index (χ4v) is 0.607. The monoisotopic (exact) mass is 159 g/mol. The van der Waals surface area contributed by atoms with Crippen LogP contribution in [0.15, 0.2) is 0 Å². The van der Waals surface area contributed by atoms with E-state index in [-0.39, 0.29) is 0 Å². The highest BCUT2D eigenvalue weighted by Crippen LogP contribution is 1.93. The Kier molecular flexibility index (Phi) is 6.37. The molecule has 1 N–H and O–H groups in total. The van der Waals surface area contributed by atoms with Crippen LogP contribution in [0.3, 0.4) is 0 Å². The van der Waals surface area contributed by atoms with Gasteiger partial charge in [0.15, 0.2) is 0 Å². The minimum Gasteiger partial charge on any atom is -0.449 e. The number of hydrogen-bond donors (Lipinski definition) is 1. The third-order valence-corrected chi connectivity index (χ3v) is 1.16. The standard InChI is InChI=1S/C7H13NO3/c1-2-3-4-5-11-7(10)8-6-9/h6H,2-5H2,1H3,(H,8,9,10). The quantitative estimate of drug-likeness (QED) is 0.482. The lowest BCUT2D eigenvalue weighted by molar-refractivity contribution is -0.109. The summed E-state index contributed by atoms with van der Waals surface area (Å²) in [7, 11) is 0. The predicted molar refractivity (Wildman–Crippen MR) is 40.1 cm³/mol. The highest BCUT2D eigenvalue weighted by Gasteiger charge is 1.97. The molecule has 0 spiro atoms. The third kappa shape index (κ3) is 6.83. The topological polar surface area (TPSA) is 55.4 Å². The lowest BCUT2D eigenvalue weighted by Gasteiger charge is -2.00. The summed E-state index contributed by atoms with van der Waals surface area (Å²) in [5, 5.41) is 1.88. The second kappa shape index (κ2) is 7.05. The molecule has 0 aromatic carbocycles. The number of ether oxygens (including phenoxy) is 1. The minimum absolute atomic E-state index is 0.308. The third-order valence-electron chi connectivity index (χ3n) is 1.16. The highest BCUT2D eigenvalue weighted by atomic mass is 16.5. The summed E-state index contributed by atoms with van der Waals surface area (Å²) in [5.41, 5.74) is 0. The lowest BCUT2D eigenvalue weighted by Crippen LogP contribution is -2.22. The number of amides is 2. The van der Waals surface area contributed by atoms with Crippen LogP contribution in [0.4, 0.5) is 4.79 Å². The Labute approximate surface area is 65.9 Å². The van der Waals surface area contributed by atoms with E-state index in [0.29, 0.717) is 13.0 Å². The molecule has 0 unspecified atom stereocenters. The summed E-state index contributed by atoms with van der Waals surface area (Å²) >= 11 is 0. The zero-order chi connectivity index (χ0) is 8.53. The Morgan fingerprint density at radius 3 is 2.82 bits per heavy atom. The molecule has 0 rings (SSSR count). The smallest absolute Gasteiger partial charge is 0.413 e. The van der Waals surface area contributed by atoms with Crippen LogP contribution < -0.4 is 5.32 Å². The van der Waals surface area contributed by atoms with Gasteiger partial charge in [0.05, 0.1) is 6.61 Å². The number of unbranched alkanes of at least 4 members (excludes halogenated alkanes) is 2. The van der Waals surface area contributed by atoms with Crippen LogP contribution in [-0.4, -0.2) is 19.1 Å². The van der Waals surface area contributed by atoms with Crippen LogP contribution in [0.1, 0.15) is 26.2 Å². The molecule has 0 saturated carbocycles. The first kappa shape index (κ1) is 9.94. The number of nitrogens with one attached hydrogen (secondary N) is 1. The molecule has 0 heterocycles. The van der Waals surface area contributed by atoms with E-state index in [4.69, 9.17) is 0 Å². The van der Waals surface area contributed by atoms with Crippen molar-refractivity contribution in [1.82, 2.24) is 5.32 Å². The molecule has 0 saturated heterocycles. The van der Waals surface area contributed by atoms with Gasteiger partial charge in [-0.2, -0.15) is 0 Å². The van der Waals surface area contributed by atoms with Gasteiger partial charge in [0.1, 0.15) is 0 Å². The number of imide groups is 1. The summed E-state index contributed by atoms with van der Waals surface area (Å²) in [6, 6.07) is 0. The molecule has 4 nitrogen and oxygen atoms in total. The van der Waals surface area contributed by atoms with Gasteiger partial charge in [-0.15, -0.1) is 0 Å². The van der Waals surface area contributed by atoms with Crippen molar-refractivity contribution in [2.45, 2.75) is 26.2 Å². The van der Waals surface area contributed by atoms with Crippen LogP contribution in [0, 0.1) is 0 Å². The number of carbonyl (C=O) groups excluding carboxylic acids is 2. The lowest BCUT2D eigenvalue weighted by atomic mass is 10.3. The van der Waals surface area contributed by atoms with Crippen molar-refractivity contribution < 1.29 is 14.3 Å². The summed E-state index contributed by atoms with van der Waals surface area (Å²) in [6.45, 7) is 2.44. The maximum absolute atomic E-state index is 10.4. The zero-order valence-corrected chi connectivity index (χ0v) is 6.63. The fourth-order valence-electron chi connectivity index (χ4n) is 0.607. The average Bonchev–Trinajstić information content (AvgIpc) is 1.99. The van der Waals surface area contributed by atoms with E-state index in [1.165, 1.54) is 0 Å². The van der Waals surface area contributed by atoms with E-state index < -0.39 is 6.09 Å². The van der Waals surface area contributed by atoms with Crippen LogP contribution in [0.2, 0.25) is 0 Å². The van der Waals surface area contributed by atoms with E-state index in [9.17, 15) is 9.59 Å². The van der Waals surface area contributed by atoms with Crippen LogP contribution in [0.5, 0.6) is 0 Å². The Morgan fingerprint density at radius 1 is 1.55 bits per heavy atom. The van der Waals surface area contributed by atoms with Crippen molar-refractivity contribution in [1.29, 1.82) is 0 Å². The van der Waals surface area contributed by atoms with Crippen molar-refractivity contribution in [3.8, 4) is 0 Å². The molecule has 11 heavy (non-hydrogen) atoms. The first-order valence-corrected chi connectivity index (χ1v) is 3.68. The van der Waals surface area contributed by atoms with Gasteiger partial charge in [0, 0.05) is 0 Å². The summed E-state index contributed by atoms with van der Waals surface area (Å²) in [5.74, 6) is 0. The van der Waals surface area contributed by atoms with Crippen molar-refractivity contribution in [3.63, 3.8) is 0 Å². The average molecular weight is 159 g/mol. The van der Waals surface area contributed by atoms with Crippen molar-refractivity contribution in [3.05, 3.63) is 0 Å². The first-order chi connectivity index (χ1) is 5.31. The number of alkyl carbamates (subject to hydrolysis) is 1. The highest BCUT2D eigenvalue weighted by molar-refractivity contribution is 5.79. The number of hydrogen-bond acceptors (Lipinski definition) is 3. The minimum atomic E-state index is -0.670. The predicted octanol–water partition coefficient (Wildman–Crippen LogP) is 1.06. The molecule has 0 aliphatic rings. The SMILES string of the molecule is CCCCCOC(=O)NC=O. The Morgan fingerprint density at radius 2 is 2.27 bits per heavy atom. The maximum atomic E-state index is 10.4. The Balaban J connectivity index is 3.10. The molecule has 4 heteroatoms. The van der Waals surface area contributed by atoms with Crippen molar-refractivity contribution >= 4 is 12.5 Å². The number of carbonyl (C=O) groups is 2. The molecule has 64 valence electrons. The van der Waals surface area contributed by atoms with E-state index in [0.717, 1.165) is 19.3 Å². The second-order valence-electron chi connectivity index (χ2n) is 2.11. The van der Waals surface area contributed by atoms with Gasteiger partial charge in [-0.3, -0.25) is 10.1 Å². The van der Waals surface area contributed by atoms with Gasteiger partial charge >= 0.3 is 6.09 Å². The van der Waals surface area contributed by atoms with E-state index >= 15 is 0 Å². The molecule has 0 fully saturated rings. The molecule has 0 aromatic rings. The van der Waals surface area contributed by atoms with Gasteiger partial charge in [-0.05, 0) is 6.42 Å². The van der Waals surface area contributed by atoms with Crippen LogP contribution >= 0.6 is 0 Å². The molecule has 0 bridgehead atoms. The van der Waals surface area contributed by atoms with E-state index in [2.05, 4.69) is 11.7 Å². The summed E-state index contributed by atoms with van der Waals surface area (Å²) in [4.78, 5) is 20.1. The Hall–Kier alpha value is -1.06. The van der Waals surface area contributed by atoms with E-state index in [1.54, 1.807) is 0 Å². The second-order valence-corrected chi connectivity index (χ2v) is 2.11. The van der Waals surface area contributed by atoms with Gasteiger partial charge < -0.3 is 4.74 Å². The largest absolute Gasteiger partial charge is 0.449 e. The molecule has 0 atom stereocenters. The summed E-state index contributed by atoms with van der Waals surface area (Å²) in [6.07, 6.45) is 2.61. The van der Waals surface area contributed by atoms with Crippen LogP contribution in [-0.2, 0) is 9.53 Å². The van der Waals surface area contributed by atoms with Crippen LogP contribution in [0.25, 0.3) is 0 Å². The Bertz CT molecular complexity index is 125. The molecular formula is C7H13NO3.